The summed E-state index contributed by atoms with van der Waals surface area (Å²) in [6.07, 6.45) is -0.170. The fraction of sp³-hybridized carbons (Fsp3) is 1.00. The van der Waals surface area contributed by atoms with Gasteiger partial charge in [-0.1, -0.05) is 0 Å². The van der Waals surface area contributed by atoms with Crippen molar-refractivity contribution in [1.29, 1.82) is 0 Å². The monoisotopic (exact) mass is 195 g/mol. The molecular weight excluding hydrogens is 182 g/mol. The molecule has 12 heavy (non-hydrogen) atoms. The normalized spacial score (nSPS) is 33.6. The Balaban J connectivity index is 2.68. The van der Waals surface area contributed by atoms with E-state index in [1.807, 2.05) is 0 Å². The first kappa shape index (κ1) is 9.91. The second-order valence-electron chi connectivity index (χ2n) is 3.12. The van der Waals surface area contributed by atoms with Crippen molar-refractivity contribution in [3.05, 3.63) is 0 Å². The number of nitrogens with zero attached hydrogens (tertiary/aromatic N) is 1. The average Bonchev–Trinajstić information content (AvgIpc) is 1.82. The lowest BCUT2D eigenvalue weighted by Gasteiger charge is -2.31. The van der Waals surface area contributed by atoms with Gasteiger partial charge in [-0.2, -0.15) is 4.31 Å². The summed E-state index contributed by atoms with van der Waals surface area (Å²) in [4.78, 5) is 0. The van der Waals surface area contributed by atoms with Gasteiger partial charge in [0.25, 0.3) is 0 Å². The minimum Gasteiger partial charge on any atom is -0.392 e. The van der Waals surface area contributed by atoms with E-state index in [-0.39, 0.29) is 19.5 Å². The molecule has 1 rings (SSSR count). The van der Waals surface area contributed by atoms with Gasteiger partial charge in [0.1, 0.15) is 0 Å². The van der Waals surface area contributed by atoms with E-state index in [2.05, 4.69) is 0 Å². The van der Waals surface area contributed by atoms with E-state index >= 15 is 0 Å². The molecule has 1 saturated heterocycles. The molecule has 0 spiro atoms. The largest absolute Gasteiger partial charge is 0.392 e. The molecule has 2 atom stereocenters. The molecule has 1 fully saturated rings. The Hall–Kier alpha value is -0.170. The topological polar surface area (TPSA) is 77.8 Å². The summed E-state index contributed by atoms with van der Waals surface area (Å²) >= 11 is 0. The SMILES string of the molecule is CS(=O)(=O)N1C[C@H](O)C[C@H](O)C1. The molecule has 0 aliphatic carbocycles. The first-order valence-electron chi connectivity index (χ1n) is 3.71. The number of hydrogen-bond donors (Lipinski definition) is 2. The van der Waals surface area contributed by atoms with Crippen LogP contribution in [0.4, 0.5) is 0 Å². The van der Waals surface area contributed by atoms with Crippen molar-refractivity contribution in [3.8, 4) is 0 Å². The van der Waals surface area contributed by atoms with E-state index in [9.17, 15) is 8.42 Å². The molecule has 2 N–H and O–H groups in total. The second kappa shape index (κ2) is 3.29. The van der Waals surface area contributed by atoms with Crippen molar-refractivity contribution >= 4 is 10.0 Å². The minimum atomic E-state index is -3.28. The first-order valence-corrected chi connectivity index (χ1v) is 5.55. The highest BCUT2D eigenvalue weighted by Gasteiger charge is 2.29. The van der Waals surface area contributed by atoms with E-state index in [0.29, 0.717) is 0 Å². The molecule has 0 unspecified atom stereocenters. The predicted molar refractivity (Wildman–Crippen MR) is 43.0 cm³/mol. The van der Waals surface area contributed by atoms with Gasteiger partial charge < -0.3 is 10.2 Å². The van der Waals surface area contributed by atoms with Crippen LogP contribution in [0.25, 0.3) is 0 Å². The highest BCUT2D eigenvalue weighted by atomic mass is 32.2. The Bertz CT molecular complexity index is 240. The summed E-state index contributed by atoms with van der Waals surface area (Å²) in [5.74, 6) is 0. The lowest BCUT2D eigenvalue weighted by molar-refractivity contribution is 0.0216. The zero-order valence-electron chi connectivity index (χ0n) is 6.84. The fourth-order valence-electron chi connectivity index (χ4n) is 1.28. The number of sulfonamides is 1. The summed E-state index contributed by atoms with van der Waals surface area (Å²) in [5.41, 5.74) is 0. The third-order valence-electron chi connectivity index (χ3n) is 1.84. The molecule has 1 aliphatic heterocycles. The van der Waals surface area contributed by atoms with Crippen LogP contribution >= 0.6 is 0 Å². The summed E-state index contributed by atoms with van der Waals surface area (Å²) in [5, 5.41) is 18.3. The third-order valence-corrected chi connectivity index (χ3v) is 3.08. The lowest BCUT2D eigenvalue weighted by atomic mass is 10.1. The number of β-amino-alcohol motifs (C(OH)–C–C–N with tert-alkyl or cyclic N) is 2. The average molecular weight is 195 g/mol. The van der Waals surface area contributed by atoms with Crippen LogP contribution in [0.3, 0.4) is 0 Å². The van der Waals surface area contributed by atoms with Gasteiger partial charge in [0, 0.05) is 19.5 Å². The molecule has 0 bridgehead atoms. The zero-order chi connectivity index (χ0) is 9.35. The molecule has 0 amide bonds. The van der Waals surface area contributed by atoms with E-state index < -0.39 is 22.2 Å². The molecule has 0 saturated carbocycles. The van der Waals surface area contributed by atoms with Crippen molar-refractivity contribution in [2.75, 3.05) is 19.3 Å². The quantitative estimate of drug-likeness (QED) is 0.527. The van der Waals surface area contributed by atoms with Gasteiger partial charge in [0.2, 0.25) is 10.0 Å². The number of aliphatic hydroxyl groups excluding tert-OH is 2. The zero-order valence-corrected chi connectivity index (χ0v) is 7.66. The van der Waals surface area contributed by atoms with Crippen LogP contribution in [0.1, 0.15) is 6.42 Å². The van der Waals surface area contributed by atoms with Gasteiger partial charge >= 0.3 is 0 Å². The molecule has 0 aromatic heterocycles. The van der Waals surface area contributed by atoms with Crippen LogP contribution in [-0.2, 0) is 10.0 Å². The maximum atomic E-state index is 11.0. The third kappa shape index (κ3) is 2.41. The number of aliphatic hydroxyl groups is 2. The number of piperidine rings is 1. The summed E-state index contributed by atoms with van der Waals surface area (Å²) in [7, 11) is -3.28. The lowest BCUT2D eigenvalue weighted by Crippen LogP contribution is -2.47. The highest BCUT2D eigenvalue weighted by molar-refractivity contribution is 7.88. The van der Waals surface area contributed by atoms with Crippen molar-refractivity contribution in [3.63, 3.8) is 0 Å². The molecule has 0 aromatic rings. The molecule has 0 aromatic carbocycles. The highest BCUT2D eigenvalue weighted by Crippen LogP contribution is 2.13. The fourth-order valence-corrected chi connectivity index (χ4v) is 2.16. The molecule has 1 aliphatic rings. The second-order valence-corrected chi connectivity index (χ2v) is 5.11. The van der Waals surface area contributed by atoms with Gasteiger partial charge in [-0.05, 0) is 0 Å². The summed E-state index contributed by atoms with van der Waals surface area (Å²) in [6, 6.07) is 0. The molecule has 6 heteroatoms. The molecule has 72 valence electrons. The predicted octanol–water partition coefficient (Wildman–Crippen LogP) is -1.63. The van der Waals surface area contributed by atoms with Gasteiger partial charge in [-0.3, -0.25) is 0 Å². The van der Waals surface area contributed by atoms with Crippen molar-refractivity contribution in [2.45, 2.75) is 18.6 Å². The Morgan fingerprint density at radius 2 is 1.67 bits per heavy atom. The molecule has 1 heterocycles. The Morgan fingerprint density at radius 3 is 2.00 bits per heavy atom. The van der Waals surface area contributed by atoms with E-state index in [0.717, 1.165) is 10.6 Å². The number of rotatable bonds is 1. The number of hydrogen-bond acceptors (Lipinski definition) is 4. The van der Waals surface area contributed by atoms with Crippen LogP contribution < -0.4 is 0 Å². The van der Waals surface area contributed by atoms with Crippen molar-refractivity contribution in [1.82, 2.24) is 4.31 Å². The van der Waals surface area contributed by atoms with E-state index in [1.165, 1.54) is 0 Å². The summed E-state index contributed by atoms with van der Waals surface area (Å²) < 4.78 is 23.1. The van der Waals surface area contributed by atoms with Gasteiger partial charge in [0.05, 0.1) is 18.5 Å². The van der Waals surface area contributed by atoms with E-state index in [1.54, 1.807) is 0 Å². The Kier molecular flexibility index (Phi) is 2.72. The molecule has 0 radical (unpaired) electrons. The Labute approximate surface area is 71.7 Å². The van der Waals surface area contributed by atoms with Crippen LogP contribution in [0.5, 0.6) is 0 Å². The summed E-state index contributed by atoms with van der Waals surface area (Å²) in [6.45, 7) is 0.186. The van der Waals surface area contributed by atoms with Gasteiger partial charge in [-0.25, -0.2) is 8.42 Å². The van der Waals surface area contributed by atoms with Crippen LogP contribution in [0.2, 0.25) is 0 Å². The van der Waals surface area contributed by atoms with Gasteiger partial charge in [0.15, 0.2) is 0 Å². The first-order chi connectivity index (χ1) is 5.39. The van der Waals surface area contributed by atoms with Crippen LogP contribution in [0.15, 0.2) is 0 Å². The minimum absolute atomic E-state index is 0.0931. The van der Waals surface area contributed by atoms with Crippen LogP contribution in [0, 0.1) is 0 Å². The standard InChI is InChI=1S/C6H13NO4S/c1-12(10,11)7-3-5(8)2-6(9)4-7/h5-6,8-9H,2-4H2,1H3/t5-,6+. The Morgan fingerprint density at radius 1 is 1.25 bits per heavy atom. The smallest absolute Gasteiger partial charge is 0.211 e. The van der Waals surface area contributed by atoms with Gasteiger partial charge in [-0.15, -0.1) is 0 Å². The van der Waals surface area contributed by atoms with Crippen LogP contribution in [-0.4, -0.2) is 54.5 Å². The molecule has 5 nitrogen and oxygen atoms in total. The van der Waals surface area contributed by atoms with Crippen molar-refractivity contribution in [2.24, 2.45) is 0 Å². The van der Waals surface area contributed by atoms with Crippen molar-refractivity contribution < 1.29 is 18.6 Å². The molecular formula is C6H13NO4S. The maximum absolute atomic E-state index is 11.0. The van der Waals surface area contributed by atoms with E-state index in [4.69, 9.17) is 10.2 Å². The maximum Gasteiger partial charge on any atom is 0.211 e.